The van der Waals surface area contributed by atoms with Crippen molar-refractivity contribution in [1.82, 2.24) is 4.57 Å². The molecule has 8 aromatic carbocycles. The molecule has 0 saturated heterocycles. The van der Waals surface area contributed by atoms with Crippen LogP contribution in [-0.2, 0) is 0 Å². The molecule has 0 unspecified atom stereocenters. The lowest BCUT2D eigenvalue weighted by Gasteiger charge is -2.26. The monoisotopic (exact) mass is 652 g/mol. The molecule has 10 aromatic rings. The number of rotatable bonds is 6. The number of para-hydroxylation sites is 5. The van der Waals surface area contributed by atoms with E-state index in [0.717, 1.165) is 55.8 Å². The molecule has 0 N–H and O–H groups in total. The van der Waals surface area contributed by atoms with Gasteiger partial charge >= 0.3 is 0 Å². The fourth-order valence-electron chi connectivity index (χ4n) is 7.70. The van der Waals surface area contributed by atoms with Gasteiger partial charge in [0.2, 0.25) is 0 Å². The summed E-state index contributed by atoms with van der Waals surface area (Å²) in [7, 11) is 0. The molecule has 240 valence electrons. The molecule has 0 spiro atoms. The highest BCUT2D eigenvalue weighted by atomic mass is 16.3. The number of hydrogen-bond acceptors (Lipinski definition) is 2. The Bertz CT molecular complexity index is 2860. The summed E-state index contributed by atoms with van der Waals surface area (Å²) in [5, 5.41) is 4.68. The Kier molecular flexibility index (Phi) is 6.81. The average molecular weight is 653 g/mol. The third-order valence-corrected chi connectivity index (χ3v) is 9.96. The maximum Gasteiger partial charge on any atom is 0.159 e. The predicted octanol–water partition coefficient (Wildman–Crippen LogP) is 13.5. The maximum absolute atomic E-state index is 6.65. The van der Waals surface area contributed by atoms with Crippen LogP contribution < -0.4 is 4.90 Å². The topological polar surface area (TPSA) is 21.3 Å². The van der Waals surface area contributed by atoms with Gasteiger partial charge in [-0.2, -0.15) is 0 Å². The van der Waals surface area contributed by atoms with Crippen LogP contribution in [0.25, 0.3) is 71.7 Å². The van der Waals surface area contributed by atoms with Crippen molar-refractivity contribution in [3.63, 3.8) is 0 Å². The summed E-state index contributed by atoms with van der Waals surface area (Å²) in [5.41, 5.74) is 13.0. The minimum Gasteiger partial charge on any atom is -0.454 e. The molecule has 3 heteroatoms. The quantitative estimate of drug-likeness (QED) is 0.178. The van der Waals surface area contributed by atoms with Crippen molar-refractivity contribution in [2.24, 2.45) is 0 Å². The van der Waals surface area contributed by atoms with E-state index in [1.54, 1.807) is 0 Å². The second-order valence-corrected chi connectivity index (χ2v) is 12.9. The van der Waals surface area contributed by atoms with E-state index in [2.05, 4.69) is 191 Å². The molecule has 2 aromatic heterocycles. The number of anilines is 3. The maximum atomic E-state index is 6.65. The van der Waals surface area contributed by atoms with Crippen LogP contribution in [0.4, 0.5) is 17.1 Å². The van der Waals surface area contributed by atoms with Crippen molar-refractivity contribution in [2.75, 3.05) is 4.90 Å². The minimum absolute atomic E-state index is 0.862. The fraction of sp³-hybridized carbons (Fsp3) is 0. The van der Waals surface area contributed by atoms with Crippen LogP contribution in [0.3, 0.4) is 0 Å². The molecule has 0 atom stereocenters. The van der Waals surface area contributed by atoms with E-state index in [4.69, 9.17) is 4.42 Å². The Morgan fingerprint density at radius 3 is 1.82 bits per heavy atom. The smallest absolute Gasteiger partial charge is 0.159 e. The molecule has 10 rings (SSSR count). The normalized spacial score (nSPS) is 11.5. The van der Waals surface area contributed by atoms with Gasteiger partial charge < -0.3 is 13.9 Å². The molecular weight excluding hydrogens is 621 g/mol. The van der Waals surface area contributed by atoms with E-state index in [1.807, 2.05) is 12.1 Å². The second-order valence-electron chi connectivity index (χ2n) is 12.9. The third-order valence-electron chi connectivity index (χ3n) is 9.96. The van der Waals surface area contributed by atoms with Gasteiger partial charge in [0.1, 0.15) is 5.58 Å². The van der Waals surface area contributed by atoms with Crippen molar-refractivity contribution < 1.29 is 4.42 Å². The van der Waals surface area contributed by atoms with Crippen molar-refractivity contribution in [1.29, 1.82) is 0 Å². The minimum atomic E-state index is 0.862. The fourth-order valence-corrected chi connectivity index (χ4v) is 7.70. The molecule has 0 aliphatic rings. The van der Waals surface area contributed by atoms with E-state index in [1.165, 1.54) is 32.9 Å². The molecule has 0 aliphatic heterocycles. The average Bonchev–Trinajstić information content (AvgIpc) is 3.76. The number of aromatic nitrogens is 1. The molecule has 0 amide bonds. The zero-order valence-corrected chi connectivity index (χ0v) is 27.8. The van der Waals surface area contributed by atoms with Crippen LogP contribution in [0.5, 0.6) is 0 Å². The Balaban J connectivity index is 1.22. The van der Waals surface area contributed by atoms with Gasteiger partial charge in [0, 0.05) is 44.2 Å². The largest absolute Gasteiger partial charge is 0.454 e. The van der Waals surface area contributed by atoms with E-state index >= 15 is 0 Å². The Morgan fingerprint density at radius 2 is 1.00 bits per heavy atom. The second kappa shape index (κ2) is 11.9. The highest BCUT2D eigenvalue weighted by Gasteiger charge is 2.21. The van der Waals surface area contributed by atoms with Crippen LogP contribution in [0.2, 0.25) is 0 Å². The third kappa shape index (κ3) is 4.82. The molecule has 2 heterocycles. The lowest BCUT2D eigenvalue weighted by molar-refractivity contribution is 0.669. The number of benzene rings is 8. The van der Waals surface area contributed by atoms with Gasteiger partial charge in [0.15, 0.2) is 5.58 Å². The van der Waals surface area contributed by atoms with E-state index in [0.29, 0.717) is 0 Å². The molecule has 0 bridgehead atoms. The number of fused-ring (bicyclic) bond motifs is 6. The van der Waals surface area contributed by atoms with Gasteiger partial charge in [0.05, 0.1) is 16.7 Å². The van der Waals surface area contributed by atoms with Gasteiger partial charge in [-0.3, -0.25) is 0 Å². The zero-order valence-electron chi connectivity index (χ0n) is 27.8. The van der Waals surface area contributed by atoms with Gasteiger partial charge in [-0.25, -0.2) is 0 Å². The lowest BCUT2D eigenvalue weighted by atomic mass is 10.00. The Hall–Kier alpha value is -6.84. The van der Waals surface area contributed by atoms with Gasteiger partial charge in [-0.05, 0) is 71.3 Å². The summed E-state index contributed by atoms with van der Waals surface area (Å²) >= 11 is 0. The summed E-state index contributed by atoms with van der Waals surface area (Å²) in [6, 6.07) is 69.1. The van der Waals surface area contributed by atoms with Crippen LogP contribution >= 0.6 is 0 Å². The van der Waals surface area contributed by atoms with E-state index in [-0.39, 0.29) is 0 Å². The molecule has 51 heavy (non-hydrogen) atoms. The molecule has 3 nitrogen and oxygen atoms in total. The summed E-state index contributed by atoms with van der Waals surface area (Å²) < 4.78 is 9.05. The van der Waals surface area contributed by atoms with Gasteiger partial charge in [0.25, 0.3) is 0 Å². The van der Waals surface area contributed by atoms with Crippen LogP contribution in [0.15, 0.2) is 199 Å². The summed E-state index contributed by atoms with van der Waals surface area (Å²) in [6.07, 6.45) is 0. The van der Waals surface area contributed by atoms with Crippen LogP contribution in [0, 0.1) is 0 Å². The molecule has 0 aliphatic carbocycles. The summed E-state index contributed by atoms with van der Waals surface area (Å²) in [6.45, 7) is 0. The number of nitrogens with zero attached hydrogens (tertiary/aromatic N) is 2. The first-order valence-electron chi connectivity index (χ1n) is 17.4. The van der Waals surface area contributed by atoms with Gasteiger partial charge in [-0.15, -0.1) is 0 Å². The molecule has 0 saturated carbocycles. The molecular formula is C48H32N2O. The lowest BCUT2D eigenvalue weighted by Crippen LogP contribution is -2.10. The molecule has 0 fully saturated rings. The van der Waals surface area contributed by atoms with Crippen molar-refractivity contribution >= 4 is 60.8 Å². The van der Waals surface area contributed by atoms with Crippen molar-refractivity contribution in [2.45, 2.75) is 0 Å². The highest BCUT2D eigenvalue weighted by molar-refractivity contribution is 6.14. The Labute approximate surface area is 295 Å². The number of hydrogen-bond donors (Lipinski definition) is 0. The molecule has 0 radical (unpaired) electrons. The number of furan rings is 1. The zero-order chi connectivity index (χ0) is 33.7. The summed E-state index contributed by atoms with van der Waals surface area (Å²) in [4.78, 5) is 2.34. The standard InChI is InChI=1S/C48H32N2O/c1-3-15-33(16-4-1)34-17-11-21-37(31-34)49(45-29-14-27-43-41-24-8-10-30-46(41)51-48(43)45)38-22-12-18-35(32-38)39-25-13-26-42-40-23-7-9-28-44(40)50(47(39)42)36-19-5-2-6-20-36/h1-32H. The predicted molar refractivity (Wildman–Crippen MR) is 214 cm³/mol. The van der Waals surface area contributed by atoms with Crippen molar-refractivity contribution in [3.05, 3.63) is 194 Å². The van der Waals surface area contributed by atoms with E-state index in [9.17, 15) is 0 Å². The van der Waals surface area contributed by atoms with Gasteiger partial charge in [-0.1, -0.05) is 140 Å². The first-order chi connectivity index (χ1) is 25.3. The van der Waals surface area contributed by atoms with Crippen LogP contribution in [-0.4, -0.2) is 4.57 Å². The SMILES string of the molecule is c1ccc(-c2cccc(N(c3cccc(-c4cccc5c6ccccc6n(-c6ccccc6)c45)c3)c3cccc4c3oc3ccccc34)c2)cc1. The first kappa shape index (κ1) is 29.1. The highest BCUT2D eigenvalue weighted by Crippen LogP contribution is 2.45. The van der Waals surface area contributed by atoms with Crippen LogP contribution in [0.1, 0.15) is 0 Å². The van der Waals surface area contributed by atoms with E-state index < -0.39 is 0 Å². The van der Waals surface area contributed by atoms with Crippen molar-refractivity contribution in [3.8, 4) is 27.9 Å². The Morgan fingerprint density at radius 1 is 0.412 bits per heavy atom. The summed E-state index contributed by atoms with van der Waals surface area (Å²) in [5.74, 6) is 0. The first-order valence-corrected chi connectivity index (χ1v) is 17.4.